The average Bonchev–Trinajstić information content (AvgIpc) is 1.83. The van der Waals surface area contributed by atoms with Crippen LogP contribution in [0.25, 0.3) is 0 Å². The lowest BCUT2D eigenvalue weighted by atomic mass is 9.86. The first-order valence-corrected chi connectivity index (χ1v) is 4.95. The van der Waals surface area contributed by atoms with E-state index in [2.05, 4.69) is 34.6 Å². The molecule has 0 atom stereocenters. The summed E-state index contributed by atoms with van der Waals surface area (Å²) in [5.74, 6) is 1.43. The number of hydrogen-bond acceptors (Lipinski definition) is 1. The van der Waals surface area contributed by atoms with Gasteiger partial charge >= 0.3 is 0 Å². The summed E-state index contributed by atoms with van der Waals surface area (Å²) in [6.45, 7) is 11.2. The zero-order chi connectivity index (χ0) is 9.78. The summed E-state index contributed by atoms with van der Waals surface area (Å²) in [7, 11) is 1.82. The molecule has 0 aromatic heterocycles. The van der Waals surface area contributed by atoms with E-state index in [4.69, 9.17) is 4.74 Å². The summed E-state index contributed by atoms with van der Waals surface area (Å²) < 4.78 is 5.56. The number of methoxy groups -OCH3 is 1. The molecule has 0 N–H and O–H groups in total. The van der Waals surface area contributed by atoms with E-state index in [0.29, 0.717) is 11.8 Å². The van der Waals surface area contributed by atoms with Crippen molar-refractivity contribution in [3.05, 3.63) is 0 Å². The Morgan fingerprint density at radius 2 is 1.33 bits per heavy atom. The summed E-state index contributed by atoms with van der Waals surface area (Å²) in [6.07, 6.45) is 2.31. The summed E-state index contributed by atoms with van der Waals surface area (Å²) >= 11 is 0. The first kappa shape index (κ1) is 12.0. The SMILES string of the molecule is COC(C)(CC(C)C)CC(C)C. The predicted molar refractivity (Wildman–Crippen MR) is 54.3 cm³/mol. The Labute approximate surface area is 77.5 Å². The second-order valence-electron chi connectivity index (χ2n) is 4.85. The van der Waals surface area contributed by atoms with E-state index in [0.717, 1.165) is 12.8 Å². The Hall–Kier alpha value is -0.0400. The highest BCUT2D eigenvalue weighted by molar-refractivity contribution is 4.77. The number of ether oxygens (including phenoxy) is 1. The molecular weight excluding hydrogens is 148 g/mol. The van der Waals surface area contributed by atoms with Crippen LogP contribution < -0.4 is 0 Å². The molecule has 0 bridgehead atoms. The molecule has 0 radical (unpaired) electrons. The third-order valence-electron chi connectivity index (χ3n) is 2.17. The molecule has 0 saturated carbocycles. The molecule has 12 heavy (non-hydrogen) atoms. The molecule has 1 heteroatoms. The van der Waals surface area contributed by atoms with Gasteiger partial charge in [-0.3, -0.25) is 0 Å². The molecule has 0 saturated heterocycles. The highest BCUT2D eigenvalue weighted by atomic mass is 16.5. The van der Waals surface area contributed by atoms with E-state index in [1.165, 1.54) is 0 Å². The first-order valence-electron chi connectivity index (χ1n) is 4.95. The molecule has 0 aliphatic heterocycles. The topological polar surface area (TPSA) is 9.23 Å². The highest BCUT2D eigenvalue weighted by Gasteiger charge is 2.25. The minimum absolute atomic E-state index is 0.0856. The van der Waals surface area contributed by atoms with Gasteiger partial charge in [0.1, 0.15) is 0 Å². The van der Waals surface area contributed by atoms with E-state index in [1.807, 2.05) is 7.11 Å². The van der Waals surface area contributed by atoms with Crippen molar-refractivity contribution < 1.29 is 4.74 Å². The van der Waals surface area contributed by atoms with Crippen LogP contribution >= 0.6 is 0 Å². The zero-order valence-electron chi connectivity index (χ0n) is 9.48. The monoisotopic (exact) mass is 172 g/mol. The Morgan fingerprint density at radius 1 is 1.00 bits per heavy atom. The maximum atomic E-state index is 5.56. The van der Waals surface area contributed by atoms with E-state index in [1.54, 1.807) is 0 Å². The van der Waals surface area contributed by atoms with Gasteiger partial charge in [-0.1, -0.05) is 27.7 Å². The van der Waals surface area contributed by atoms with Gasteiger partial charge in [-0.05, 0) is 31.6 Å². The Kier molecular flexibility index (Phi) is 4.84. The molecule has 0 amide bonds. The van der Waals surface area contributed by atoms with Crippen molar-refractivity contribution in [2.45, 2.75) is 53.1 Å². The van der Waals surface area contributed by atoms with E-state index < -0.39 is 0 Å². The van der Waals surface area contributed by atoms with Gasteiger partial charge in [0.2, 0.25) is 0 Å². The lowest BCUT2D eigenvalue weighted by molar-refractivity contribution is -0.0263. The van der Waals surface area contributed by atoms with Crippen LogP contribution in [0, 0.1) is 11.8 Å². The average molecular weight is 172 g/mol. The minimum atomic E-state index is 0.0856. The van der Waals surface area contributed by atoms with Crippen LogP contribution in [0.3, 0.4) is 0 Å². The lowest BCUT2D eigenvalue weighted by Crippen LogP contribution is -2.30. The fraction of sp³-hybridized carbons (Fsp3) is 1.00. The quantitative estimate of drug-likeness (QED) is 0.617. The van der Waals surface area contributed by atoms with Gasteiger partial charge in [0.15, 0.2) is 0 Å². The molecule has 0 aliphatic carbocycles. The second kappa shape index (κ2) is 4.86. The van der Waals surface area contributed by atoms with Gasteiger partial charge in [-0.25, -0.2) is 0 Å². The molecule has 0 aromatic rings. The number of rotatable bonds is 5. The van der Waals surface area contributed by atoms with Crippen molar-refractivity contribution in [2.75, 3.05) is 7.11 Å². The van der Waals surface area contributed by atoms with Crippen LogP contribution in [0.1, 0.15) is 47.5 Å². The molecule has 0 spiro atoms. The van der Waals surface area contributed by atoms with Crippen LogP contribution in [0.2, 0.25) is 0 Å². The predicted octanol–water partition coefficient (Wildman–Crippen LogP) is 3.48. The molecular formula is C11H24O. The Bertz CT molecular complexity index is 106. The van der Waals surface area contributed by atoms with Crippen LogP contribution in [0.15, 0.2) is 0 Å². The van der Waals surface area contributed by atoms with Crippen LogP contribution in [-0.4, -0.2) is 12.7 Å². The molecule has 1 nitrogen and oxygen atoms in total. The fourth-order valence-electron chi connectivity index (χ4n) is 1.98. The number of hydrogen-bond donors (Lipinski definition) is 0. The van der Waals surface area contributed by atoms with Gasteiger partial charge in [-0.15, -0.1) is 0 Å². The van der Waals surface area contributed by atoms with Crippen molar-refractivity contribution in [1.29, 1.82) is 0 Å². The van der Waals surface area contributed by atoms with E-state index in [-0.39, 0.29) is 5.60 Å². The highest BCUT2D eigenvalue weighted by Crippen LogP contribution is 2.27. The van der Waals surface area contributed by atoms with Gasteiger partial charge < -0.3 is 4.74 Å². The third-order valence-corrected chi connectivity index (χ3v) is 2.17. The summed E-state index contributed by atoms with van der Waals surface area (Å²) in [5.41, 5.74) is 0.0856. The van der Waals surface area contributed by atoms with Crippen LogP contribution in [0.5, 0.6) is 0 Å². The lowest BCUT2D eigenvalue weighted by Gasteiger charge is -2.31. The minimum Gasteiger partial charge on any atom is -0.379 e. The van der Waals surface area contributed by atoms with Gasteiger partial charge in [-0.2, -0.15) is 0 Å². The van der Waals surface area contributed by atoms with Gasteiger partial charge in [0, 0.05) is 7.11 Å². The van der Waals surface area contributed by atoms with Crippen molar-refractivity contribution in [1.82, 2.24) is 0 Å². The van der Waals surface area contributed by atoms with Crippen LogP contribution in [0.4, 0.5) is 0 Å². The maximum absolute atomic E-state index is 5.56. The van der Waals surface area contributed by atoms with Gasteiger partial charge in [0.05, 0.1) is 5.60 Å². The molecule has 0 aromatic carbocycles. The summed E-state index contributed by atoms with van der Waals surface area (Å²) in [5, 5.41) is 0. The molecule has 0 aliphatic rings. The van der Waals surface area contributed by atoms with Crippen molar-refractivity contribution in [3.8, 4) is 0 Å². The van der Waals surface area contributed by atoms with Gasteiger partial charge in [0.25, 0.3) is 0 Å². The van der Waals surface area contributed by atoms with Crippen molar-refractivity contribution in [2.24, 2.45) is 11.8 Å². The van der Waals surface area contributed by atoms with E-state index >= 15 is 0 Å². The standard InChI is InChI=1S/C11H24O/c1-9(2)7-11(5,12-6)8-10(3)4/h9-10H,7-8H2,1-6H3. The largest absolute Gasteiger partial charge is 0.379 e. The van der Waals surface area contributed by atoms with Crippen molar-refractivity contribution in [3.63, 3.8) is 0 Å². The normalized spacial score (nSPS) is 13.0. The molecule has 0 fully saturated rings. The Balaban J connectivity index is 4.04. The molecule has 0 heterocycles. The summed E-state index contributed by atoms with van der Waals surface area (Å²) in [4.78, 5) is 0. The van der Waals surface area contributed by atoms with Crippen molar-refractivity contribution >= 4 is 0 Å². The summed E-state index contributed by atoms with van der Waals surface area (Å²) in [6, 6.07) is 0. The molecule has 0 unspecified atom stereocenters. The first-order chi connectivity index (χ1) is 5.39. The van der Waals surface area contributed by atoms with E-state index in [9.17, 15) is 0 Å². The maximum Gasteiger partial charge on any atom is 0.0655 e. The zero-order valence-corrected chi connectivity index (χ0v) is 9.48. The fourth-order valence-corrected chi connectivity index (χ4v) is 1.98. The smallest absolute Gasteiger partial charge is 0.0655 e. The Morgan fingerprint density at radius 3 is 1.50 bits per heavy atom. The molecule has 74 valence electrons. The second-order valence-corrected chi connectivity index (χ2v) is 4.85. The molecule has 0 rings (SSSR count). The van der Waals surface area contributed by atoms with Crippen LogP contribution in [-0.2, 0) is 4.74 Å². The third kappa shape index (κ3) is 4.76.